The van der Waals surface area contributed by atoms with E-state index in [1.54, 1.807) is 6.07 Å². The van der Waals surface area contributed by atoms with Crippen LogP contribution in [0.15, 0.2) is 12.1 Å². The number of benzene rings is 1. The number of nitrogens with two attached hydrogens (primary N) is 1. The van der Waals surface area contributed by atoms with E-state index < -0.39 is 0 Å². The molecule has 1 heterocycles. The van der Waals surface area contributed by atoms with Crippen molar-refractivity contribution in [2.75, 3.05) is 32.5 Å². The van der Waals surface area contributed by atoms with E-state index in [0.717, 1.165) is 25.9 Å². The molecule has 0 aliphatic carbocycles. The highest BCUT2D eigenvalue weighted by Gasteiger charge is 2.24. The van der Waals surface area contributed by atoms with Gasteiger partial charge >= 0.3 is 5.97 Å². The number of nitrogens with one attached hydrogen (secondary N) is 1. The van der Waals surface area contributed by atoms with Gasteiger partial charge in [-0.3, -0.25) is 14.5 Å². The van der Waals surface area contributed by atoms with Gasteiger partial charge in [0.2, 0.25) is 0 Å². The lowest BCUT2D eigenvalue weighted by Crippen LogP contribution is -2.46. The average molecular weight is 384 g/mol. The highest BCUT2D eigenvalue weighted by molar-refractivity contribution is 6.33. The lowest BCUT2D eigenvalue weighted by Gasteiger charge is -2.31. The fourth-order valence-electron chi connectivity index (χ4n) is 2.90. The zero-order valence-electron chi connectivity index (χ0n) is 15.4. The summed E-state index contributed by atoms with van der Waals surface area (Å²) in [6.07, 6.45) is 1.40. The third-order valence-corrected chi connectivity index (χ3v) is 4.53. The Bertz CT molecular complexity index is 658. The predicted molar refractivity (Wildman–Crippen MR) is 101 cm³/mol. The van der Waals surface area contributed by atoms with E-state index in [2.05, 4.69) is 5.32 Å². The summed E-state index contributed by atoms with van der Waals surface area (Å²) in [6.45, 7) is 5.38. The van der Waals surface area contributed by atoms with Gasteiger partial charge in [0.05, 0.1) is 36.0 Å². The number of methoxy groups -OCH3 is 1. The second-order valence-corrected chi connectivity index (χ2v) is 7.04. The van der Waals surface area contributed by atoms with E-state index in [1.165, 1.54) is 13.2 Å². The van der Waals surface area contributed by atoms with E-state index in [-0.39, 0.29) is 30.6 Å². The Balaban J connectivity index is 1.88. The number of hydrogen-bond donors (Lipinski definition) is 2. The van der Waals surface area contributed by atoms with Crippen molar-refractivity contribution in [3.05, 3.63) is 22.7 Å². The molecule has 1 aliphatic heterocycles. The molecule has 0 saturated carbocycles. The minimum Gasteiger partial charge on any atom is -0.496 e. The number of amides is 1. The van der Waals surface area contributed by atoms with Crippen molar-refractivity contribution in [3.8, 4) is 5.75 Å². The molecule has 26 heavy (non-hydrogen) atoms. The SMILES string of the molecule is COc1cc(N)c(Cl)cc1C(=O)NC1CCN(CC(=O)OC(C)C)CC1. The molecular weight excluding hydrogens is 358 g/mol. The maximum atomic E-state index is 12.6. The number of piperidine rings is 1. The van der Waals surface area contributed by atoms with Gasteiger partial charge in [0.25, 0.3) is 5.91 Å². The summed E-state index contributed by atoms with van der Waals surface area (Å²) in [5.41, 5.74) is 6.47. The molecule has 0 radical (unpaired) electrons. The van der Waals surface area contributed by atoms with Crippen molar-refractivity contribution in [2.24, 2.45) is 0 Å². The predicted octanol–water partition coefficient (Wildman–Crippen LogP) is 2.08. The standard InChI is InChI=1S/C18H26ClN3O4/c1-11(2)26-17(23)10-22-6-4-12(5-7-22)21-18(24)13-8-14(19)15(20)9-16(13)25-3/h8-9,11-12H,4-7,10,20H2,1-3H3,(H,21,24). The van der Waals surface area contributed by atoms with Gasteiger partial charge in [0, 0.05) is 25.2 Å². The van der Waals surface area contributed by atoms with Gasteiger partial charge in [-0.15, -0.1) is 0 Å². The average Bonchev–Trinajstić information content (AvgIpc) is 2.57. The maximum Gasteiger partial charge on any atom is 0.320 e. The topological polar surface area (TPSA) is 93.9 Å². The van der Waals surface area contributed by atoms with Crippen molar-refractivity contribution in [1.82, 2.24) is 10.2 Å². The van der Waals surface area contributed by atoms with E-state index in [1.807, 2.05) is 18.7 Å². The summed E-state index contributed by atoms with van der Waals surface area (Å²) >= 11 is 6.02. The Morgan fingerprint density at radius 2 is 2.00 bits per heavy atom. The fraction of sp³-hybridized carbons (Fsp3) is 0.556. The number of anilines is 1. The van der Waals surface area contributed by atoms with E-state index in [9.17, 15) is 9.59 Å². The minimum atomic E-state index is -0.249. The van der Waals surface area contributed by atoms with Gasteiger partial charge in [-0.1, -0.05) is 11.6 Å². The Morgan fingerprint density at radius 3 is 2.58 bits per heavy atom. The molecular formula is C18H26ClN3O4. The van der Waals surface area contributed by atoms with Crippen LogP contribution in [0.25, 0.3) is 0 Å². The molecule has 0 unspecified atom stereocenters. The van der Waals surface area contributed by atoms with Gasteiger partial charge < -0.3 is 20.5 Å². The smallest absolute Gasteiger partial charge is 0.320 e. The molecule has 7 nitrogen and oxygen atoms in total. The second-order valence-electron chi connectivity index (χ2n) is 6.64. The molecule has 1 amide bonds. The van der Waals surface area contributed by atoms with Crippen LogP contribution in [-0.2, 0) is 9.53 Å². The number of nitrogen functional groups attached to an aromatic ring is 1. The number of esters is 1. The third kappa shape index (κ3) is 5.51. The molecule has 1 aliphatic rings. The third-order valence-electron chi connectivity index (χ3n) is 4.21. The number of ether oxygens (including phenoxy) is 2. The Hall–Kier alpha value is -1.99. The quantitative estimate of drug-likeness (QED) is 0.577. The number of nitrogens with zero attached hydrogens (tertiary/aromatic N) is 1. The Labute approximate surface area is 158 Å². The van der Waals surface area contributed by atoms with Crippen LogP contribution >= 0.6 is 11.6 Å². The van der Waals surface area contributed by atoms with Crippen molar-refractivity contribution >= 4 is 29.2 Å². The van der Waals surface area contributed by atoms with Gasteiger partial charge in [0.15, 0.2) is 0 Å². The van der Waals surface area contributed by atoms with Crippen LogP contribution in [0.3, 0.4) is 0 Å². The second kappa shape index (κ2) is 9.09. The maximum absolute atomic E-state index is 12.6. The molecule has 0 atom stereocenters. The first-order valence-corrected chi connectivity index (χ1v) is 9.03. The van der Waals surface area contributed by atoms with Gasteiger partial charge in [-0.2, -0.15) is 0 Å². The van der Waals surface area contributed by atoms with Crippen molar-refractivity contribution in [3.63, 3.8) is 0 Å². The Kier molecular flexibility index (Phi) is 7.11. The summed E-state index contributed by atoms with van der Waals surface area (Å²) in [5.74, 6) is -0.0802. The molecule has 0 spiro atoms. The molecule has 8 heteroatoms. The summed E-state index contributed by atoms with van der Waals surface area (Å²) in [4.78, 5) is 26.3. The van der Waals surface area contributed by atoms with E-state index >= 15 is 0 Å². The van der Waals surface area contributed by atoms with Crippen LogP contribution in [0.5, 0.6) is 5.75 Å². The highest BCUT2D eigenvalue weighted by Crippen LogP contribution is 2.29. The molecule has 2 rings (SSSR count). The van der Waals surface area contributed by atoms with Crippen LogP contribution in [0.1, 0.15) is 37.0 Å². The summed E-state index contributed by atoms with van der Waals surface area (Å²) in [6, 6.07) is 3.09. The summed E-state index contributed by atoms with van der Waals surface area (Å²) in [7, 11) is 1.48. The van der Waals surface area contributed by atoms with Crippen LogP contribution in [0.4, 0.5) is 5.69 Å². The van der Waals surface area contributed by atoms with Crippen LogP contribution in [0.2, 0.25) is 5.02 Å². The molecule has 144 valence electrons. The number of carbonyl (C=O) groups excluding carboxylic acids is 2. The fourth-order valence-corrected chi connectivity index (χ4v) is 3.06. The number of likely N-dealkylation sites (tertiary alicyclic amines) is 1. The van der Waals surface area contributed by atoms with Crippen molar-refractivity contribution < 1.29 is 19.1 Å². The minimum absolute atomic E-state index is 0.0286. The molecule has 3 N–H and O–H groups in total. The first kappa shape index (κ1) is 20.3. The largest absolute Gasteiger partial charge is 0.496 e. The van der Waals surface area contributed by atoms with Crippen LogP contribution < -0.4 is 15.8 Å². The zero-order valence-corrected chi connectivity index (χ0v) is 16.1. The van der Waals surface area contributed by atoms with E-state index in [4.69, 9.17) is 26.8 Å². The van der Waals surface area contributed by atoms with Crippen LogP contribution in [0, 0.1) is 0 Å². The Morgan fingerprint density at radius 1 is 1.35 bits per heavy atom. The monoisotopic (exact) mass is 383 g/mol. The van der Waals surface area contributed by atoms with E-state index in [0.29, 0.717) is 22.0 Å². The molecule has 1 aromatic rings. The lowest BCUT2D eigenvalue weighted by molar-refractivity contribution is -0.149. The molecule has 0 bridgehead atoms. The van der Waals surface area contributed by atoms with Crippen LogP contribution in [-0.4, -0.2) is 55.7 Å². The van der Waals surface area contributed by atoms with Crippen molar-refractivity contribution in [2.45, 2.75) is 38.8 Å². The molecule has 0 aromatic heterocycles. The molecule has 1 saturated heterocycles. The normalized spacial score (nSPS) is 15.7. The summed E-state index contributed by atoms with van der Waals surface area (Å²) in [5, 5.41) is 3.32. The molecule has 1 fully saturated rings. The van der Waals surface area contributed by atoms with Crippen molar-refractivity contribution in [1.29, 1.82) is 0 Å². The lowest BCUT2D eigenvalue weighted by atomic mass is 10.0. The zero-order chi connectivity index (χ0) is 19.3. The number of halogens is 1. The summed E-state index contributed by atoms with van der Waals surface area (Å²) < 4.78 is 10.4. The van der Waals surface area contributed by atoms with Gasteiger partial charge in [-0.25, -0.2) is 0 Å². The van der Waals surface area contributed by atoms with Gasteiger partial charge in [-0.05, 0) is 32.8 Å². The van der Waals surface area contributed by atoms with Gasteiger partial charge in [0.1, 0.15) is 5.75 Å². The molecule has 1 aromatic carbocycles. The first-order chi connectivity index (χ1) is 12.3. The highest BCUT2D eigenvalue weighted by atomic mass is 35.5. The number of carbonyl (C=O) groups is 2. The number of hydrogen-bond acceptors (Lipinski definition) is 6. The number of rotatable bonds is 6. The first-order valence-electron chi connectivity index (χ1n) is 8.65.